The number of anilines is 2. The van der Waals surface area contributed by atoms with Crippen LogP contribution in [0.2, 0.25) is 0 Å². The number of hydrogen-bond acceptors (Lipinski definition) is 8. The zero-order valence-corrected chi connectivity index (χ0v) is 20.9. The first kappa shape index (κ1) is 27.0. The first-order valence-corrected chi connectivity index (χ1v) is 11.9. The molecule has 41 heavy (non-hydrogen) atoms. The second-order valence-corrected chi connectivity index (χ2v) is 8.87. The molecule has 0 aliphatic heterocycles. The summed E-state index contributed by atoms with van der Waals surface area (Å²) in [5.41, 5.74) is 10.6. The first-order chi connectivity index (χ1) is 19.5. The number of fused-ring (bicyclic) bond motifs is 1. The second-order valence-electron chi connectivity index (χ2n) is 8.87. The fourth-order valence-electron chi connectivity index (χ4n) is 3.98. The van der Waals surface area contributed by atoms with Gasteiger partial charge in [0.1, 0.15) is 22.8 Å². The highest BCUT2D eigenvalue weighted by Gasteiger charge is 2.31. The van der Waals surface area contributed by atoms with Gasteiger partial charge in [0, 0.05) is 23.5 Å². The Morgan fingerprint density at radius 2 is 1.37 bits per heavy atom. The van der Waals surface area contributed by atoms with Crippen molar-refractivity contribution in [2.45, 2.75) is 6.18 Å². The van der Waals surface area contributed by atoms with E-state index in [-0.39, 0.29) is 44.9 Å². The van der Waals surface area contributed by atoms with Gasteiger partial charge in [-0.3, -0.25) is 4.79 Å². The molecule has 0 atom stereocenters. The third kappa shape index (κ3) is 5.88. The number of nitrogen functional groups attached to an aromatic ring is 2. The normalized spacial score (nSPS) is 11.3. The van der Waals surface area contributed by atoms with E-state index < -0.39 is 29.1 Å². The lowest BCUT2D eigenvalue weighted by Gasteiger charge is -2.13. The van der Waals surface area contributed by atoms with Crippen molar-refractivity contribution in [2.75, 3.05) is 11.5 Å². The maximum absolute atomic E-state index is 13.2. The zero-order valence-electron chi connectivity index (χ0n) is 20.9. The van der Waals surface area contributed by atoms with Crippen LogP contribution in [-0.2, 0) is 6.18 Å². The van der Waals surface area contributed by atoms with Crippen LogP contribution in [0.15, 0.2) is 100 Å². The van der Waals surface area contributed by atoms with Crippen LogP contribution in [-0.4, -0.2) is 11.9 Å². The summed E-state index contributed by atoms with van der Waals surface area (Å²) in [6.45, 7) is 0. The molecule has 4 N–H and O–H groups in total. The summed E-state index contributed by atoms with van der Waals surface area (Å²) in [6, 6.07) is 19.6. The quantitative estimate of drug-likeness (QED) is 0.150. The van der Waals surface area contributed by atoms with Gasteiger partial charge >= 0.3 is 18.1 Å². The molecule has 8 nitrogen and oxygen atoms in total. The Morgan fingerprint density at radius 3 is 1.98 bits per heavy atom. The maximum Gasteiger partial charge on any atom is 0.416 e. The van der Waals surface area contributed by atoms with Crippen LogP contribution in [0.25, 0.3) is 22.3 Å². The lowest BCUT2D eigenvalue weighted by Crippen LogP contribution is -2.12. The van der Waals surface area contributed by atoms with Gasteiger partial charge in [0.2, 0.25) is 0 Å². The summed E-state index contributed by atoms with van der Waals surface area (Å²) in [4.78, 5) is 38.4. The molecule has 0 saturated heterocycles. The minimum Gasteiger partial charge on any atom is -0.456 e. The van der Waals surface area contributed by atoms with Crippen molar-refractivity contribution in [3.8, 4) is 22.8 Å². The Labute approximate surface area is 229 Å². The number of esters is 2. The minimum atomic E-state index is -4.65. The van der Waals surface area contributed by atoms with E-state index >= 15 is 0 Å². The summed E-state index contributed by atoms with van der Waals surface area (Å²) in [7, 11) is 0. The summed E-state index contributed by atoms with van der Waals surface area (Å²) >= 11 is 0. The average Bonchev–Trinajstić information content (AvgIpc) is 2.92. The van der Waals surface area contributed by atoms with Crippen LogP contribution in [0.3, 0.4) is 0 Å². The highest BCUT2D eigenvalue weighted by molar-refractivity contribution is 5.94. The predicted molar refractivity (Wildman–Crippen MR) is 145 cm³/mol. The van der Waals surface area contributed by atoms with E-state index in [2.05, 4.69) is 0 Å². The number of rotatable bonds is 5. The number of benzene rings is 4. The van der Waals surface area contributed by atoms with E-state index in [1.807, 2.05) is 0 Å². The highest BCUT2D eigenvalue weighted by Crippen LogP contribution is 2.36. The van der Waals surface area contributed by atoms with Crippen molar-refractivity contribution in [2.24, 2.45) is 0 Å². The molecular formula is C30H19F3N2O6. The number of halogens is 3. The van der Waals surface area contributed by atoms with Gasteiger partial charge in [0.15, 0.2) is 5.43 Å². The third-order valence-electron chi connectivity index (χ3n) is 5.93. The number of ether oxygens (including phenoxy) is 2. The average molecular weight is 560 g/mol. The van der Waals surface area contributed by atoms with Gasteiger partial charge in [0.05, 0.1) is 27.6 Å². The number of carbonyl (C=O) groups is 2. The number of nitrogens with two attached hydrogens (primary N) is 2. The molecule has 0 unspecified atom stereocenters. The molecule has 1 heterocycles. The fourth-order valence-corrected chi connectivity index (χ4v) is 3.98. The van der Waals surface area contributed by atoms with Crippen molar-refractivity contribution < 1.29 is 36.7 Å². The molecule has 0 saturated carbocycles. The van der Waals surface area contributed by atoms with Crippen LogP contribution in [0.4, 0.5) is 24.5 Å². The number of alkyl halides is 3. The van der Waals surface area contributed by atoms with Crippen LogP contribution in [0.5, 0.6) is 11.5 Å². The van der Waals surface area contributed by atoms with Crippen molar-refractivity contribution in [1.29, 1.82) is 0 Å². The Morgan fingerprint density at radius 1 is 0.732 bits per heavy atom. The van der Waals surface area contributed by atoms with Crippen molar-refractivity contribution >= 4 is 34.3 Å². The van der Waals surface area contributed by atoms with Gasteiger partial charge in [-0.05, 0) is 66.7 Å². The lowest BCUT2D eigenvalue weighted by molar-refractivity contribution is -0.137. The molecule has 5 rings (SSSR count). The minimum absolute atomic E-state index is 0.0190. The monoisotopic (exact) mass is 560 g/mol. The van der Waals surface area contributed by atoms with Crippen LogP contribution in [0, 0.1) is 0 Å². The van der Waals surface area contributed by atoms with E-state index in [1.165, 1.54) is 42.5 Å². The van der Waals surface area contributed by atoms with E-state index in [0.29, 0.717) is 17.4 Å². The smallest absolute Gasteiger partial charge is 0.416 e. The van der Waals surface area contributed by atoms with E-state index in [4.69, 9.17) is 25.4 Å². The highest BCUT2D eigenvalue weighted by atomic mass is 19.4. The molecule has 206 valence electrons. The van der Waals surface area contributed by atoms with Gasteiger partial charge < -0.3 is 25.4 Å². The molecule has 5 aromatic rings. The van der Waals surface area contributed by atoms with Crippen LogP contribution >= 0.6 is 0 Å². The summed E-state index contributed by atoms with van der Waals surface area (Å²) < 4.78 is 56.2. The molecule has 0 fully saturated rings. The van der Waals surface area contributed by atoms with E-state index in [9.17, 15) is 27.6 Å². The fraction of sp³-hybridized carbons (Fsp3) is 0.0333. The van der Waals surface area contributed by atoms with Gasteiger partial charge in [-0.2, -0.15) is 13.2 Å². The summed E-state index contributed by atoms with van der Waals surface area (Å²) in [5, 5.41) is -0.283. The predicted octanol–water partition coefficient (Wildman–Crippen LogP) is 6.08. The molecule has 4 aromatic carbocycles. The third-order valence-corrected chi connectivity index (χ3v) is 5.93. The van der Waals surface area contributed by atoms with Crippen molar-refractivity contribution in [1.82, 2.24) is 0 Å². The van der Waals surface area contributed by atoms with Gasteiger partial charge in [-0.1, -0.05) is 12.1 Å². The SMILES string of the molecule is Nc1cccc(C(=O)Oc2ccc(-c3cc(=O)c4cc(C(F)(F)F)ccc4o3)c(OC(=O)c3cccc(N)c3)c2)c1. The van der Waals surface area contributed by atoms with Crippen LogP contribution < -0.4 is 26.4 Å². The Balaban J connectivity index is 1.57. The van der Waals surface area contributed by atoms with Gasteiger partial charge in [-0.15, -0.1) is 0 Å². The summed E-state index contributed by atoms with van der Waals surface area (Å²) in [6.07, 6.45) is -4.65. The molecule has 0 radical (unpaired) electrons. The number of hydrogen-bond donors (Lipinski definition) is 2. The first-order valence-electron chi connectivity index (χ1n) is 11.9. The molecule has 0 amide bonds. The lowest BCUT2D eigenvalue weighted by atomic mass is 10.1. The Kier molecular flexibility index (Phi) is 6.94. The molecule has 0 aliphatic rings. The van der Waals surface area contributed by atoms with Crippen LogP contribution in [0.1, 0.15) is 26.3 Å². The summed E-state index contributed by atoms with van der Waals surface area (Å²) in [5.74, 6) is -1.85. The molecule has 1 aromatic heterocycles. The van der Waals surface area contributed by atoms with E-state index in [0.717, 1.165) is 18.2 Å². The van der Waals surface area contributed by atoms with Gasteiger partial charge in [0.25, 0.3) is 0 Å². The van der Waals surface area contributed by atoms with E-state index in [1.54, 1.807) is 24.3 Å². The Hall–Kier alpha value is -5.58. The standard InChI is InChI=1S/C30H19F3N2O6/c31-30(32,33)18-7-10-25-23(13-18)24(36)15-27(40-25)22-9-8-21(39-28(37)16-3-1-5-19(34)11-16)14-26(22)41-29(38)17-4-2-6-20(35)12-17/h1-15H,34-35H2. The molecule has 0 aliphatic carbocycles. The molecule has 0 spiro atoms. The Bertz CT molecular complexity index is 1880. The topological polar surface area (TPSA) is 135 Å². The largest absolute Gasteiger partial charge is 0.456 e. The number of carbonyl (C=O) groups excluding carboxylic acids is 2. The second kappa shape index (κ2) is 10.5. The molecule has 11 heteroatoms. The van der Waals surface area contributed by atoms with Crippen molar-refractivity contribution in [3.63, 3.8) is 0 Å². The van der Waals surface area contributed by atoms with Crippen molar-refractivity contribution in [3.05, 3.63) is 118 Å². The molecular weight excluding hydrogens is 541 g/mol. The van der Waals surface area contributed by atoms with Gasteiger partial charge in [-0.25, -0.2) is 9.59 Å². The maximum atomic E-state index is 13.2. The molecule has 0 bridgehead atoms. The zero-order chi connectivity index (χ0) is 29.3.